The molecule has 1 amide bonds. The van der Waals surface area contributed by atoms with Crippen LogP contribution in [0.1, 0.15) is 20.7 Å². The predicted octanol–water partition coefficient (Wildman–Crippen LogP) is 3.56. The van der Waals surface area contributed by atoms with Crippen LogP contribution < -0.4 is 4.90 Å². The molecule has 108 valence electrons. The number of carbonyl (C=O) groups is 2. The Labute approximate surface area is 128 Å². The van der Waals surface area contributed by atoms with Gasteiger partial charge in [0.15, 0.2) is 0 Å². The number of carboxylic acid groups (broad SMARTS) is 1. The molecule has 1 N–H and O–H groups in total. The van der Waals surface area contributed by atoms with E-state index in [1.807, 2.05) is 0 Å². The van der Waals surface area contributed by atoms with Gasteiger partial charge in [0.1, 0.15) is 5.82 Å². The maximum atomic E-state index is 13.5. The third kappa shape index (κ3) is 3.11. The summed E-state index contributed by atoms with van der Waals surface area (Å²) in [5.41, 5.74) is 0.840. The third-order valence-corrected chi connectivity index (χ3v) is 3.79. The molecular formula is C15H11BrFNO3. The Hall–Kier alpha value is -2.21. The van der Waals surface area contributed by atoms with E-state index in [0.717, 1.165) is 0 Å². The van der Waals surface area contributed by atoms with E-state index in [9.17, 15) is 14.0 Å². The third-order valence-electron chi connectivity index (χ3n) is 2.99. The lowest BCUT2D eigenvalue weighted by Gasteiger charge is -2.18. The molecular weight excluding hydrogens is 341 g/mol. The van der Waals surface area contributed by atoms with Gasteiger partial charge in [-0.15, -0.1) is 0 Å². The molecule has 2 aromatic rings. The van der Waals surface area contributed by atoms with Crippen LogP contribution in [0, 0.1) is 5.82 Å². The van der Waals surface area contributed by atoms with E-state index in [1.165, 1.54) is 54.4 Å². The zero-order valence-electron chi connectivity index (χ0n) is 11.0. The molecule has 2 aromatic carbocycles. The molecule has 0 aliphatic rings. The zero-order valence-corrected chi connectivity index (χ0v) is 12.6. The van der Waals surface area contributed by atoms with Gasteiger partial charge in [0.25, 0.3) is 5.91 Å². The van der Waals surface area contributed by atoms with Crippen LogP contribution in [0.25, 0.3) is 0 Å². The van der Waals surface area contributed by atoms with Gasteiger partial charge in [-0.05, 0) is 52.3 Å². The fourth-order valence-corrected chi connectivity index (χ4v) is 2.23. The first-order valence-corrected chi connectivity index (χ1v) is 6.76. The molecule has 0 spiro atoms. The second kappa shape index (κ2) is 6.05. The van der Waals surface area contributed by atoms with Crippen molar-refractivity contribution in [3.8, 4) is 0 Å². The lowest BCUT2D eigenvalue weighted by Crippen LogP contribution is -2.26. The highest BCUT2D eigenvalue weighted by atomic mass is 79.9. The molecule has 21 heavy (non-hydrogen) atoms. The summed E-state index contributed by atoms with van der Waals surface area (Å²) in [6, 6.07) is 10.1. The van der Waals surface area contributed by atoms with Crippen LogP contribution in [-0.4, -0.2) is 24.0 Å². The quantitative estimate of drug-likeness (QED) is 0.919. The number of hydrogen-bond acceptors (Lipinski definition) is 2. The Morgan fingerprint density at radius 2 is 1.76 bits per heavy atom. The number of halogens is 2. The Kier molecular flexibility index (Phi) is 4.37. The highest BCUT2D eigenvalue weighted by Crippen LogP contribution is 2.24. The van der Waals surface area contributed by atoms with Crippen LogP contribution in [-0.2, 0) is 0 Å². The lowest BCUT2D eigenvalue weighted by atomic mass is 10.1. The summed E-state index contributed by atoms with van der Waals surface area (Å²) in [6.45, 7) is 0. The first-order chi connectivity index (χ1) is 9.91. The molecule has 6 heteroatoms. The van der Waals surface area contributed by atoms with Crippen LogP contribution in [0.2, 0.25) is 0 Å². The summed E-state index contributed by atoms with van der Waals surface area (Å²) in [6.07, 6.45) is 0. The topological polar surface area (TPSA) is 57.6 Å². The van der Waals surface area contributed by atoms with Crippen molar-refractivity contribution < 1.29 is 19.1 Å². The van der Waals surface area contributed by atoms with Gasteiger partial charge in [-0.3, -0.25) is 4.79 Å². The number of carbonyl (C=O) groups excluding carboxylic acids is 1. The molecule has 0 fully saturated rings. The summed E-state index contributed by atoms with van der Waals surface area (Å²) >= 11 is 3.05. The molecule has 0 aliphatic heterocycles. The van der Waals surface area contributed by atoms with E-state index in [4.69, 9.17) is 5.11 Å². The molecule has 0 bridgehead atoms. The minimum absolute atomic E-state index is 0.101. The Morgan fingerprint density at radius 1 is 1.14 bits per heavy atom. The van der Waals surface area contributed by atoms with Gasteiger partial charge < -0.3 is 10.0 Å². The number of rotatable bonds is 3. The normalized spacial score (nSPS) is 10.2. The standard InChI is InChI=1S/C15H11BrFNO3/c1-18(10-7-5-9(6-8-10)15(20)21)14(19)11-3-2-4-12(17)13(11)16/h2-8H,1H3,(H,20,21). The minimum Gasteiger partial charge on any atom is -0.478 e. The Morgan fingerprint density at radius 3 is 2.33 bits per heavy atom. The van der Waals surface area contributed by atoms with Crippen LogP contribution in [0.5, 0.6) is 0 Å². The van der Waals surface area contributed by atoms with Crippen LogP contribution in [0.15, 0.2) is 46.9 Å². The summed E-state index contributed by atoms with van der Waals surface area (Å²) in [5, 5.41) is 8.84. The van der Waals surface area contributed by atoms with Crippen molar-refractivity contribution in [2.75, 3.05) is 11.9 Å². The molecule has 0 saturated heterocycles. The van der Waals surface area contributed by atoms with Crippen molar-refractivity contribution in [2.24, 2.45) is 0 Å². The van der Waals surface area contributed by atoms with Gasteiger partial charge in [-0.25, -0.2) is 9.18 Å². The summed E-state index contributed by atoms with van der Waals surface area (Å²) in [5.74, 6) is -1.96. The van der Waals surface area contributed by atoms with Crippen molar-refractivity contribution in [3.63, 3.8) is 0 Å². The maximum absolute atomic E-state index is 13.5. The lowest BCUT2D eigenvalue weighted by molar-refractivity contribution is 0.0696. The highest BCUT2D eigenvalue weighted by Gasteiger charge is 2.18. The van der Waals surface area contributed by atoms with Gasteiger partial charge in [-0.2, -0.15) is 0 Å². The number of carboxylic acids is 1. The van der Waals surface area contributed by atoms with Gasteiger partial charge >= 0.3 is 5.97 Å². The van der Waals surface area contributed by atoms with E-state index in [2.05, 4.69) is 15.9 Å². The molecule has 2 rings (SSSR count). The summed E-state index contributed by atoms with van der Waals surface area (Å²) < 4.78 is 13.6. The minimum atomic E-state index is -1.04. The average Bonchev–Trinajstić information content (AvgIpc) is 2.48. The second-order valence-corrected chi connectivity index (χ2v) is 5.11. The number of anilines is 1. The molecule has 0 aromatic heterocycles. The van der Waals surface area contributed by atoms with E-state index >= 15 is 0 Å². The van der Waals surface area contributed by atoms with Crippen LogP contribution in [0.3, 0.4) is 0 Å². The molecule has 0 atom stereocenters. The van der Waals surface area contributed by atoms with Crippen LogP contribution >= 0.6 is 15.9 Å². The number of aromatic carboxylic acids is 1. The number of hydrogen-bond donors (Lipinski definition) is 1. The molecule has 0 aliphatic carbocycles. The van der Waals surface area contributed by atoms with Crippen molar-refractivity contribution >= 4 is 33.5 Å². The SMILES string of the molecule is CN(C(=O)c1cccc(F)c1Br)c1ccc(C(=O)O)cc1. The van der Waals surface area contributed by atoms with Gasteiger partial charge in [0, 0.05) is 12.7 Å². The molecule has 0 heterocycles. The highest BCUT2D eigenvalue weighted by molar-refractivity contribution is 9.10. The first-order valence-electron chi connectivity index (χ1n) is 5.97. The Balaban J connectivity index is 2.30. The molecule has 0 saturated carbocycles. The monoisotopic (exact) mass is 351 g/mol. The van der Waals surface area contributed by atoms with E-state index in [-0.39, 0.29) is 15.6 Å². The van der Waals surface area contributed by atoms with Gasteiger partial charge in [0.2, 0.25) is 0 Å². The van der Waals surface area contributed by atoms with Crippen molar-refractivity contribution in [3.05, 3.63) is 63.9 Å². The Bertz CT molecular complexity index is 701. The van der Waals surface area contributed by atoms with Crippen molar-refractivity contribution in [1.29, 1.82) is 0 Å². The van der Waals surface area contributed by atoms with Gasteiger partial charge in [0.05, 0.1) is 15.6 Å². The zero-order chi connectivity index (χ0) is 15.6. The second-order valence-electron chi connectivity index (χ2n) is 4.32. The maximum Gasteiger partial charge on any atom is 0.335 e. The fourth-order valence-electron chi connectivity index (χ4n) is 1.79. The molecule has 0 radical (unpaired) electrons. The average molecular weight is 352 g/mol. The first kappa shape index (κ1) is 15.2. The van der Waals surface area contributed by atoms with Crippen LogP contribution in [0.4, 0.5) is 10.1 Å². The van der Waals surface area contributed by atoms with E-state index in [0.29, 0.717) is 5.69 Å². The fraction of sp³-hybridized carbons (Fsp3) is 0.0667. The van der Waals surface area contributed by atoms with Gasteiger partial charge in [-0.1, -0.05) is 6.07 Å². The number of nitrogens with zero attached hydrogens (tertiary/aromatic N) is 1. The van der Waals surface area contributed by atoms with E-state index in [1.54, 1.807) is 0 Å². The van der Waals surface area contributed by atoms with Crippen molar-refractivity contribution in [2.45, 2.75) is 0 Å². The number of benzene rings is 2. The predicted molar refractivity (Wildman–Crippen MR) is 80.2 cm³/mol. The summed E-state index contributed by atoms with van der Waals surface area (Å²) in [7, 11) is 1.54. The largest absolute Gasteiger partial charge is 0.478 e. The smallest absolute Gasteiger partial charge is 0.335 e. The molecule has 4 nitrogen and oxygen atoms in total. The summed E-state index contributed by atoms with van der Waals surface area (Å²) in [4.78, 5) is 24.5. The van der Waals surface area contributed by atoms with E-state index < -0.39 is 17.7 Å². The number of amides is 1. The molecule has 0 unspecified atom stereocenters. The van der Waals surface area contributed by atoms with Crippen molar-refractivity contribution in [1.82, 2.24) is 0 Å².